The van der Waals surface area contributed by atoms with Crippen LogP contribution in [0.4, 0.5) is 0 Å². The van der Waals surface area contributed by atoms with Gasteiger partial charge in [-0.05, 0) is 33.6 Å². The van der Waals surface area contributed by atoms with E-state index in [9.17, 15) is 4.79 Å². The average Bonchev–Trinajstić information content (AvgIpc) is 3.01. The lowest BCUT2D eigenvalue weighted by Gasteiger charge is -2.27. The molecule has 1 fully saturated rings. The van der Waals surface area contributed by atoms with Crippen LogP contribution < -0.4 is 0 Å². The third kappa shape index (κ3) is 3.58. The number of thioether (sulfide) groups is 1. The Labute approximate surface area is 129 Å². The van der Waals surface area contributed by atoms with Crippen LogP contribution in [0.15, 0.2) is 5.16 Å². The summed E-state index contributed by atoms with van der Waals surface area (Å²) >= 11 is 1.22. The van der Waals surface area contributed by atoms with E-state index in [0.29, 0.717) is 5.16 Å². The molecule has 1 saturated heterocycles. The molecule has 0 aromatic carbocycles. The predicted molar refractivity (Wildman–Crippen MR) is 80.8 cm³/mol. The summed E-state index contributed by atoms with van der Waals surface area (Å²) in [4.78, 5) is 10.8. The molecule has 1 aliphatic rings. The number of carboxylic acids is 1. The van der Waals surface area contributed by atoms with Gasteiger partial charge in [-0.1, -0.05) is 18.7 Å². The van der Waals surface area contributed by atoms with Crippen LogP contribution in [0.2, 0.25) is 0 Å². The lowest BCUT2D eigenvalue weighted by atomic mass is 9.97. The quantitative estimate of drug-likeness (QED) is 0.842. The van der Waals surface area contributed by atoms with E-state index in [1.54, 1.807) is 0 Å². The molecule has 2 rings (SSSR count). The van der Waals surface area contributed by atoms with Crippen molar-refractivity contribution in [2.24, 2.45) is 0 Å². The first kappa shape index (κ1) is 16.3. The molecule has 6 nitrogen and oxygen atoms in total. The van der Waals surface area contributed by atoms with Crippen molar-refractivity contribution in [2.75, 3.05) is 12.4 Å². The average molecular weight is 313 g/mol. The molecule has 0 radical (unpaired) electrons. The van der Waals surface area contributed by atoms with Crippen LogP contribution in [-0.4, -0.2) is 44.3 Å². The van der Waals surface area contributed by atoms with Gasteiger partial charge in [0.1, 0.15) is 5.82 Å². The Kier molecular flexibility index (Phi) is 4.93. The van der Waals surface area contributed by atoms with Gasteiger partial charge in [0.2, 0.25) is 0 Å². The van der Waals surface area contributed by atoms with Crippen LogP contribution in [0, 0.1) is 0 Å². The zero-order valence-electron chi connectivity index (χ0n) is 13.0. The number of aromatic nitrogens is 3. The highest BCUT2D eigenvalue weighted by Crippen LogP contribution is 2.36. The number of nitrogens with zero attached hydrogens (tertiary/aromatic N) is 3. The minimum Gasteiger partial charge on any atom is -0.481 e. The molecule has 118 valence electrons. The summed E-state index contributed by atoms with van der Waals surface area (Å²) in [5.74, 6) is 0.299. The van der Waals surface area contributed by atoms with Gasteiger partial charge in [0, 0.05) is 18.1 Å². The second-order valence-corrected chi connectivity index (χ2v) is 7.18. The third-order valence-electron chi connectivity index (χ3n) is 3.60. The summed E-state index contributed by atoms with van der Waals surface area (Å²) in [5.41, 5.74) is -0.194. The van der Waals surface area contributed by atoms with E-state index >= 15 is 0 Å². The van der Waals surface area contributed by atoms with Gasteiger partial charge < -0.3 is 14.4 Å². The van der Waals surface area contributed by atoms with E-state index < -0.39 is 5.97 Å². The van der Waals surface area contributed by atoms with E-state index in [1.165, 1.54) is 11.8 Å². The summed E-state index contributed by atoms with van der Waals surface area (Å²) in [6.07, 6.45) is 2.06. The number of aliphatic carboxylic acids is 1. The van der Waals surface area contributed by atoms with Crippen LogP contribution in [-0.2, 0) is 15.1 Å². The van der Waals surface area contributed by atoms with E-state index in [4.69, 9.17) is 9.84 Å². The molecule has 1 aromatic rings. The molecule has 0 aliphatic carbocycles. The molecular weight excluding hydrogens is 290 g/mol. The number of carboxylic acid groups (broad SMARTS) is 1. The molecule has 2 heterocycles. The Morgan fingerprint density at radius 1 is 1.48 bits per heavy atom. The van der Waals surface area contributed by atoms with Gasteiger partial charge in [0.15, 0.2) is 5.16 Å². The summed E-state index contributed by atoms with van der Waals surface area (Å²) in [6, 6.07) is 0. The zero-order chi connectivity index (χ0) is 15.6. The van der Waals surface area contributed by atoms with Crippen LogP contribution in [0.3, 0.4) is 0 Å². The molecule has 1 aliphatic heterocycles. The van der Waals surface area contributed by atoms with Gasteiger partial charge in [-0.15, -0.1) is 10.2 Å². The summed E-state index contributed by atoms with van der Waals surface area (Å²) in [6.45, 7) is 9.11. The van der Waals surface area contributed by atoms with E-state index in [0.717, 1.165) is 25.3 Å². The van der Waals surface area contributed by atoms with Crippen molar-refractivity contribution < 1.29 is 14.6 Å². The number of hydrogen-bond donors (Lipinski definition) is 1. The molecule has 21 heavy (non-hydrogen) atoms. The number of rotatable bonds is 5. The van der Waals surface area contributed by atoms with Gasteiger partial charge in [-0.25, -0.2) is 0 Å². The normalized spacial score (nSPS) is 22.7. The Morgan fingerprint density at radius 2 is 2.19 bits per heavy atom. The fraction of sp³-hybridized carbons (Fsp3) is 0.786. The zero-order valence-corrected chi connectivity index (χ0v) is 13.8. The monoisotopic (exact) mass is 313 g/mol. The van der Waals surface area contributed by atoms with Gasteiger partial charge in [0.25, 0.3) is 0 Å². The van der Waals surface area contributed by atoms with E-state index in [2.05, 4.69) is 42.5 Å². The molecular formula is C14H23N3O3S. The van der Waals surface area contributed by atoms with Crippen molar-refractivity contribution in [1.29, 1.82) is 0 Å². The van der Waals surface area contributed by atoms with Gasteiger partial charge >= 0.3 is 5.97 Å². The van der Waals surface area contributed by atoms with Crippen molar-refractivity contribution in [3.63, 3.8) is 0 Å². The van der Waals surface area contributed by atoms with E-state index in [-0.39, 0.29) is 23.3 Å². The molecule has 0 amide bonds. The highest BCUT2D eigenvalue weighted by molar-refractivity contribution is 7.99. The van der Waals surface area contributed by atoms with Crippen LogP contribution in [0.1, 0.15) is 52.3 Å². The molecule has 0 spiro atoms. The molecule has 7 heteroatoms. The highest BCUT2D eigenvalue weighted by Gasteiger charge is 2.35. The summed E-state index contributed by atoms with van der Waals surface area (Å²) in [5, 5.41) is 18.1. The van der Waals surface area contributed by atoms with Crippen LogP contribution >= 0.6 is 11.8 Å². The van der Waals surface area contributed by atoms with Crippen molar-refractivity contribution in [1.82, 2.24) is 14.8 Å². The fourth-order valence-corrected chi connectivity index (χ4v) is 3.57. The van der Waals surface area contributed by atoms with E-state index in [1.807, 2.05) is 0 Å². The predicted octanol–water partition coefficient (Wildman–Crippen LogP) is 2.49. The van der Waals surface area contributed by atoms with Crippen LogP contribution in [0.5, 0.6) is 0 Å². The minimum absolute atomic E-state index is 0.00735. The standard InChI is InChI=1S/C14H23N3O3S/c1-5-10-9(6-7-20-10)12-15-16-13(21-8-11(18)19)17(12)14(2,3)4/h9-10H,5-8H2,1-4H3,(H,18,19). The highest BCUT2D eigenvalue weighted by atomic mass is 32.2. The van der Waals surface area contributed by atoms with Crippen molar-refractivity contribution >= 4 is 17.7 Å². The molecule has 2 atom stereocenters. The van der Waals surface area contributed by atoms with Crippen molar-refractivity contribution in [3.8, 4) is 0 Å². The molecule has 2 unspecified atom stereocenters. The van der Waals surface area contributed by atoms with Crippen LogP contribution in [0.25, 0.3) is 0 Å². The first-order valence-corrected chi connectivity index (χ1v) is 8.25. The second-order valence-electron chi connectivity index (χ2n) is 6.24. The maximum absolute atomic E-state index is 10.8. The molecule has 1 aromatic heterocycles. The second kappa shape index (κ2) is 6.36. The third-order valence-corrected chi connectivity index (χ3v) is 4.51. The smallest absolute Gasteiger partial charge is 0.313 e. The largest absolute Gasteiger partial charge is 0.481 e. The minimum atomic E-state index is -0.847. The Bertz CT molecular complexity index is 510. The maximum Gasteiger partial charge on any atom is 0.313 e. The number of hydrogen-bond acceptors (Lipinski definition) is 5. The SMILES string of the molecule is CCC1OCCC1c1nnc(SCC(=O)O)n1C(C)(C)C. The van der Waals surface area contributed by atoms with Crippen molar-refractivity contribution in [3.05, 3.63) is 5.82 Å². The topological polar surface area (TPSA) is 77.2 Å². The Balaban J connectivity index is 2.35. The molecule has 0 bridgehead atoms. The van der Waals surface area contributed by atoms with Gasteiger partial charge in [-0.2, -0.15) is 0 Å². The summed E-state index contributed by atoms with van der Waals surface area (Å²) < 4.78 is 7.83. The van der Waals surface area contributed by atoms with Crippen molar-refractivity contribution in [2.45, 2.75) is 63.3 Å². The van der Waals surface area contributed by atoms with Gasteiger partial charge in [-0.3, -0.25) is 4.79 Å². The van der Waals surface area contributed by atoms with Gasteiger partial charge in [0.05, 0.1) is 11.9 Å². The lowest BCUT2D eigenvalue weighted by Crippen LogP contribution is -2.28. The Morgan fingerprint density at radius 3 is 2.76 bits per heavy atom. The number of ether oxygens (including phenoxy) is 1. The first-order valence-electron chi connectivity index (χ1n) is 7.26. The fourth-order valence-electron chi connectivity index (χ4n) is 2.72. The Hall–Kier alpha value is -1.08. The molecule has 1 N–H and O–H groups in total. The molecule has 0 saturated carbocycles. The number of carbonyl (C=O) groups is 1. The maximum atomic E-state index is 10.8. The lowest BCUT2D eigenvalue weighted by molar-refractivity contribution is -0.133. The first-order chi connectivity index (χ1) is 9.84. The summed E-state index contributed by atoms with van der Waals surface area (Å²) in [7, 11) is 0.